The number of aryl methyl sites for hydroxylation is 1. The van der Waals surface area contributed by atoms with Crippen molar-refractivity contribution >= 4 is 5.97 Å². The third-order valence-corrected chi connectivity index (χ3v) is 3.00. The first-order chi connectivity index (χ1) is 8.27. The first-order valence-electron chi connectivity index (χ1n) is 5.49. The monoisotopic (exact) mass is 225 g/mol. The van der Waals surface area contributed by atoms with Gasteiger partial charge in [0, 0.05) is 11.8 Å². The Morgan fingerprint density at radius 1 is 1.18 bits per heavy atom. The van der Waals surface area contributed by atoms with E-state index in [-0.39, 0.29) is 12.1 Å². The van der Waals surface area contributed by atoms with Gasteiger partial charge in [-0.1, -0.05) is 24.3 Å². The highest BCUT2D eigenvalue weighted by Crippen LogP contribution is 2.35. The molecule has 2 aromatic rings. The molecule has 0 N–H and O–H groups in total. The van der Waals surface area contributed by atoms with Gasteiger partial charge in [-0.05, 0) is 24.6 Å². The van der Waals surface area contributed by atoms with Crippen molar-refractivity contribution in [3.05, 3.63) is 65.0 Å². The summed E-state index contributed by atoms with van der Waals surface area (Å²) >= 11 is 0. The fourth-order valence-electron chi connectivity index (χ4n) is 2.12. The molecule has 2 heterocycles. The molecule has 0 amide bonds. The van der Waals surface area contributed by atoms with E-state index in [0.29, 0.717) is 11.3 Å². The Bertz CT molecular complexity index is 592. The molecule has 0 spiro atoms. The summed E-state index contributed by atoms with van der Waals surface area (Å²) in [6.07, 6.45) is 1.33. The van der Waals surface area contributed by atoms with Crippen molar-refractivity contribution < 1.29 is 9.53 Å². The van der Waals surface area contributed by atoms with E-state index in [1.165, 1.54) is 0 Å². The molecule has 0 fully saturated rings. The molecule has 0 aliphatic carbocycles. The number of pyridine rings is 1. The topological polar surface area (TPSA) is 39.2 Å². The fraction of sp³-hybridized carbons (Fsp3) is 0.143. The number of hydrogen-bond donors (Lipinski definition) is 0. The summed E-state index contributed by atoms with van der Waals surface area (Å²) in [7, 11) is 0. The van der Waals surface area contributed by atoms with Gasteiger partial charge in [0.05, 0.1) is 5.56 Å². The molecule has 3 rings (SSSR count). The molecule has 3 nitrogen and oxygen atoms in total. The highest BCUT2D eigenvalue weighted by atomic mass is 16.5. The van der Waals surface area contributed by atoms with Gasteiger partial charge < -0.3 is 4.74 Å². The lowest BCUT2D eigenvalue weighted by Crippen LogP contribution is -2.03. The van der Waals surface area contributed by atoms with Crippen LogP contribution in [0.3, 0.4) is 0 Å². The molecule has 3 heteroatoms. The summed E-state index contributed by atoms with van der Waals surface area (Å²) in [5, 5.41) is 0. The molecule has 84 valence electrons. The van der Waals surface area contributed by atoms with Crippen molar-refractivity contribution in [3.63, 3.8) is 0 Å². The van der Waals surface area contributed by atoms with Gasteiger partial charge in [-0.25, -0.2) is 4.79 Å². The van der Waals surface area contributed by atoms with E-state index in [0.717, 1.165) is 11.1 Å². The van der Waals surface area contributed by atoms with Crippen LogP contribution in [0.2, 0.25) is 0 Å². The number of nitrogens with zero attached hydrogens (tertiary/aromatic N) is 1. The van der Waals surface area contributed by atoms with Gasteiger partial charge in [0.1, 0.15) is 5.69 Å². The minimum absolute atomic E-state index is 0.290. The van der Waals surface area contributed by atoms with Gasteiger partial charge in [0.25, 0.3) is 0 Å². The molecule has 0 saturated heterocycles. The predicted octanol–water partition coefficient (Wildman–Crippen LogP) is 2.65. The zero-order chi connectivity index (χ0) is 11.8. The number of carbonyl (C=O) groups excluding carboxylic acids is 1. The molecule has 1 aliphatic rings. The summed E-state index contributed by atoms with van der Waals surface area (Å²) in [4.78, 5) is 16.0. The van der Waals surface area contributed by atoms with Crippen LogP contribution in [0.25, 0.3) is 0 Å². The SMILES string of the molecule is Cc1ccccc1C1OC(=O)c2cccnc21. The number of carbonyl (C=O) groups is 1. The maximum absolute atomic E-state index is 11.7. The van der Waals surface area contributed by atoms with E-state index >= 15 is 0 Å². The molecule has 1 unspecified atom stereocenters. The molecular formula is C14H11NO2. The highest BCUT2D eigenvalue weighted by Gasteiger charge is 2.33. The minimum Gasteiger partial charge on any atom is -0.447 e. The lowest BCUT2D eigenvalue weighted by Gasteiger charge is -2.12. The van der Waals surface area contributed by atoms with Crippen molar-refractivity contribution in [2.45, 2.75) is 13.0 Å². The van der Waals surface area contributed by atoms with Crippen LogP contribution in [0.1, 0.15) is 33.3 Å². The summed E-state index contributed by atoms with van der Waals surface area (Å²) in [6, 6.07) is 11.4. The Balaban J connectivity index is 2.14. The van der Waals surface area contributed by atoms with Crippen LogP contribution in [0.4, 0.5) is 0 Å². The van der Waals surface area contributed by atoms with E-state index in [9.17, 15) is 4.79 Å². The van der Waals surface area contributed by atoms with E-state index in [1.54, 1.807) is 18.3 Å². The van der Waals surface area contributed by atoms with Crippen LogP contribution in [0, 0.1) is 6.92 Å². The predicted molar refractivity (Wildman–Crippen MR) is 62.7 cm³/mol. The van der Waals surface area contributed by atoms with Crippen molar-refractivity contribution in [2.75, 3.05) is 0 Å². The van der Waals surface area contributed by atoms with Crippen LogP contribution in [-0.2, 0) is 4.74 Å². The normalized spacial score (nSPS) is 17.7. The average molecular weight is 225 g/mol. The average Bonchev–Trinajstić information content (AvgIpc) is 2.68. The Labute approximate surface area is 99.1 Å². The van der Waals surface area contributed by atoms with E-state index < -0.39 is 0 Å². The molecule has 1 aliphatic heterocycles. The van der Waals surface area contributed by atoms with Crippen molar-refractivity contribution in [1.82, 2.24) is 4.98 Å². The van der Waals surface area contributed by atoms with Crippen LogP contribution in [0.5, 0.6) is 0 Å². The largest absolute Gasteiger partial charge is 0.447 e. The summed E-state index contributed by atoms with van der Waals surface area (Å²) in [5.74, 6) is -0.290. The van der Waals surface area contributed by atoms with Crippen LogP contribution < -0.4 is 0 Å². The lowest BCUT2D eigenvalue weighted by atomic mass is 10.00. The molecule has 0 saturated carbocycles. The number of benzene rings is 1. The molecule has 1 atom stereocenters. The standard InChI is InChI=1S/C14H11NO2/c1-9-5-2-3-6-10(9)13-12-11(14(16)17-13)7-4-8-15-12/h2-8,13H,1H3. The Hall–Kier alpha value is -2.16. The number of rotatable bonds is 1. The second-order valence-electron chi connectivity index (χ2n) is 4.08. The Morgan fingerprint density at radius 3 is 2.82 bits per heavy atom. The first-order valence-corrected chi connectivity index (χ1v) is 5.49. The van der Waals surface area contributed by atoms with Gasteiger partial charge in [-0.15, -0.1) is 0 Å². The first kappa shape index (κ1) is 10.0. The van der Waals surface area contributed by atoms with Gasteiger partial charge in [-0.2, -0.15) is 0 Å². The molecular weight excluding hydrogens is 214 g/mol. The van der Waals surface area contributed by atoms with Gasteiger partial charge in [0.2, 0.25) is 0 Å². The van der Waals surface area contributed by atoms with Crippen molar-refractivity contribution in [3.8, 4) is 0 Å². The maximum atomic E-state index is 11.7. The second-order valence-corrected chi connectivity index (χ2v) is 4.08. The van der Waals surface area contributed by atoms with Crippen LogP contribution in [0.15, 0.2) is 42.6 Å². The Morgan fingerprint density at radius 2 is 2.00 bits per heavy atom. The summed E-state index contributed by atoms with van der Waals surface area (Å²) in [6.45, 7) is 2.00. The third kappa shape index (κ3) is 1.51. The van der Waals surface area contributed by atoms with Crippen molar-refractivity contribution in [2.24, 2.45) is 0 Å². The Kier molecular flexibility index (Phi) is 2.18. The summed E-state index contributed by atoms with van der Waals surface area (Å²) < 4.78 is 5.40. The van der Waals surface area contributed by atoms with E-state index in [1.807, 2.05) is 31.2 Å². The van der Waals surface area contributed by atoms with Crippen LogP contribution >= 0.6 is 0 Å². The minimum atomic E-state index is -0.361. The maximum Gasteiger partial charge on any atom is 0.341 e. The molecule has 0 radical (unpaired) electrons. The van der Waals surface area contributed by atoms with Gasteiger partial charge >= 0.3 is 5.97 Å². The molecule has 1 aromatic heterocycles. The summed E-state index contributed by atoms with van der Waals surface area (Å²) in [5.41, 5.74) is 3.38. The number of ether oxygens (including phenoxy) is 1. The molecule has 0 bridgehead atoms. The highest BCUT2D eigenvalue weighted by molar-refractivity contribution is 5.93. The van der Waals surface area contributed by atoms with E-state index in [4.69, 9.17) is 4.74 Å². The third-order valence-electron chi connectivity index (χ3n) is 3.00. The smallest absolute Gasteiger partial charge is 0.341 e. The number of aromatic nitrogens is 1. The van der Waals surface area contributed by atoms with Crippen LogP contribution in [-0.4, -0.2) is 11.0 Å². The molecule has 1 aromatic carbocycles. The van der Waals surface area contributed by atoms with Gasteiger partial charge in [0.15, 0.2) is 6.10 Å². The van der Waals surface area contributed by atoms with E-state index in [2.05, 4.69) is 4.98 Å². The number of esters is 1. The zero-order valence-corrected chi connectivity index (χ0v) is 9.38. The van der Waals surface area contributed by atoms with Gasteiger partial charge in [-0.3, -0.25) is 4.98 Å². The molecule has 17 heavy (non-hydrogen) atoms. The number of fused-ring (bicyclic) bond motifs is 1. The quantitative estimate of drug-likeness (QED) is 0.700. The number of cyclic esters (lactones) is 1. The second kappa shape index (κ2) is 3.70. The number of hydrogen-bond acceptors (Lipinski definition) is 3. The fourth-order valence-corrected chi connectivity index (χ4v) is 2.12. The van der Waals surface area contributed by atoms with Crippen molar-refractivity contribution in [1.29, 1.82) is 0 Å². The zero-order valence-electron chi connectivity index (χ0n) is 9.38. The lowest BCUT2D eigenvalue weighted by molar-refractivity contribution is 0.0452.